The SMILES string of the molecule is O=S(=O)(CCc1ccsc1)c1ccc(F)cc1. The molecule has 0 unspecified atom stereocenters. The Bertz CT molecular complexity index is 571. The first-order chi connectivity index (χ1) is 8.08. The largest absolute Gasteiger partial charge is 0.224 e. The molecule has 0 atom stereocenters. The lowest BCUT2D eigenvalue weighted by atomic mass is 10.3. The van der Waals surface area contributed by atoms with Crippen LogP contribution < -0.4 is 0 Å². The maximum Gasteiger partial charge on any atom is 0.178 e. The van der Waals surface area contributed by atoms with Gasteiger partial charge in [0.2, 0.25) is 0 Å². The molecule has 1 aromatic carbocycles. The van der Waals surface area contributed by atoms with Crippen LogP contribution in [0.1, 0.15) is 5.56 Å². The van der Waals surface area contributed by atoms with Gasteiger partial charge < -0.3 is 0 Å². The van der Waals surface area contributed by atoms with Crippen molar-refractivity contribution in [3.8, 4) is 0 Å². The summed E-state index contributed by atoms with van der Waals surface area (Å²) in [5.74, 6) is -0.378. The summed E-state index contributed by atoms with van der Waals surface area (Å²) in [5.41, 5.74) is 1.01. The summed E-state index contributed by atoms with van der Waals surface area (Å²) in [5, 5.41) is 3.85. The number of thiophene rings is 1. The van der Waals surface area contributed by atoms with Crippen LogP contribution in [0.3, 0.4) is 0 Å². The van der Waals surface area contributed by atoms with Crippen LogP contribution in [0.25, 0.3) is 0 Å². The molecular formula is C12H11FO2S2. The van der Waals surface area contributed by atoms with Crippen LogP contribution in [0.2, 0.25) is 0 Å². The zero-order valence-electron chi connectivity index (χ0n) is 8.97. The van der Waals surface area contributed by atoms with E-state index in [0.717, 1.165) is 17.7 Å². The number of hydrogen-bond acceptors (Lipinski definition) is 3. The van der Waals surface area contributed by atoms with Gasteiger partial charge in [-0.1, -0.05) is 0 Å². The van der Waals surface area contributed by atoms with E-state index in [1.165, 1.54) is 12.1 Å². The van der Waals surface area contributed by atoms with E-state index in [1.54, 1.807) is 11.3 Å². The predicted molar refractivity (Wildman–Crippen MR) is 66.5 cm³/mol. The van der Waals surface area contributed by atoms with E-state index in [2.05, 4.69) is 0 Å². The number of hydrogen-bond donors (Lipinski definition) is 0. The second kappa shape index (κ2) is 4.98. The highest BCUT2D eigenvalue weighted by Gasteiger charge is 2.14. The van der Waals surface area contributed by atoms with Crippen molar-refractivity contribution in [3.63, 3.8) is 0 Å². The summed E-state index contributed by atoms with van der Waals surface area (Å²) < 4.78 is 36.5. The highest BCUT2D eigenvalue weighted by molar-refractivity contribution is 7.91. The Kier molecular flexibility index (Phi) is 3.59. The van der Waals surface area contributed by atoms with Gasteiger partial charge in [0.25, 0.3) is 0 Å². The molecule has 0 aliphatic carbocycles. The molecule has 0 bridgehead atoms. The van der Waals surface area contributed by atoms with E-state index in [0.29, 0.717) is 6.42 Å². The molecule has 2 nitrogen and oxygen atoms in total. The van der Waals surface area contributed by atoms with E-state index in [9.17, 15) is 12.8 Å². The van der Waals surface area contributed by atoms with Gasteiger partial charge in [0.15, 0.2) is 9.84 Å². The molecule has 0 aliphatic rings. The van der Waals surface area contributed by atoms with Crippen LogP contribution in [0.5, 0.6) is 0 Å². The lowest BCUT2D eigenvalue weighted by Crippen LogP contribution is -2.08. The van der Waals surface area contributed by atoms with Crippen molar-refractivity contribution in [2.75, 3.05) is 5.75 Å². The van der Waals surface area contributed by atoms with Crippen molar-refractivity contribution in [1.29, 1.82) is 0 Å². The van der Waals surface area contributed by atoms with Crippen molar-refractivity contribution < 1.29 is 12.8 Å². The maximum absolute atomic E-state index is 12.7. The molecule has 0 radical (unpaired) electrons. The van der Waals surface area contributed by atoms with Gasteiger partial charge in [-0.2, -0.15) is 11.3 Å². The third-order valence-electron chi connectivity index (χ3n) is 2.41. The van der Waals surface area contributed by atoms with Crippen molar-refractivity contribution >= 4 is 21.2 Å². The van der Waals surface area contributed by atoms with Gasteiger partial charge in [0, 0.05) is 0 Å². The molecule has 0 amide bonds. The maximum atomic E-state index is 12.7. The first-order valence-corrected chi connectivity index (χ1v) is 7.67. The van der Waals surface area contributed by atoms with Gasteiger partial charge in [-0.05, 0) is 53.1 Å². The summed E-state index contributed by atoms with van der Waals surface area (Å²) in [6, 6.07) is 6.84. The fraction of sp³-hybridized carbons (Fsp3) is 0.167. The zero-order chi connectivity index (χ0) is 12.3. The van der Waals surface area contributed by atoms with E-state index in [-0.39, 0.29) is 10.6 Å². The predicted octanol–water partition coefficient (Wildman–Crippen LogP) is 2.90. The number of aryl methyl sites for hydroxylation is 1. The minimum atomic E-state index is -3.32. The smallest absolute Gasteiger partial charge is 0.178 e. The summed E-state index contributed by atoms with van der Waals surface area (Å²) >= 11 is 1.54. The lowest BCUT2D eigenvalue weighted by Gasteiger charge is -2.03. The van der Waals surface area contributed by atoms with Gasteiger partial charge in [-0.15, -0.1) is 0 Å². The Morgan fingerprint density at radius 2 is 1.82 bits per heavy atom. The van der Waals surface area contributed by atoms with Gasteiger partial charge in [0.1, 0.15) is 5.82 Å². The second-order valence-electron chi connectivity index (χ2n) is 3.65. The van der Waals surface area contributed by atoms with Gasteiger partial charge in [-0.25, -0.2) is 12.8 Å². The Labute approximate surface area is 104 Å². The molecule has 0 aliphatic heterocycles. The molecule has 0 saturated heterocycles. The molecule has 0 spiro atoms. The second-order valence-corrected chi connectivity index (χ2v) is 6.54. The number of benzene rings is 1. The molecular weight excluding hydrogens is 259 g/mol. The normalized spacial score (nSPS) is 11.6. The molecule has 17 heavy (non-hydrogen) atoms. The van der Waals surface area contributed by atoms with E-state index in [4.69, 9.17) is 0 Å². The lowest BCUT2D eigenvalue weighted by molar-refractivity contribution is 0.594. The first-order valence-electron chi connectivity index (χ1n) is 5.07. The Balaban J connectivity index is 2.11. The molecule has 0 fully saturated rings. The van der Waals surface area contributed by atoms with Crippen LogP contribution in [-0.2, 0) is 16.3 Å². The van der Waals surface area contributed by atoms with Crippen molar-refractivity contribution in [3.05, 3.63) is 52.5 Å². The van der Waals surface area contributed by atoms with Crippen LogP contribution in [0, 0.1) is 5.82 Å². The van der Waals surface area contributed by atoms with Gasteiger partial charge in [-0.3, -0.25) is 0 Å². The molecule has 0 N–H and O–H groups in total. The van der Waals surface area contributed by atoms with Crippen LogP contribution in [0.4, 0.5) is 4.39 Å². The third-order valence-corrected chi connectivity index (χ3v) is 4.88. The number of halogens is 1. The molecule has 2 rings (SSSR count). The summed E-state index contributed by atoms with van der Waals surface area (Å²) in [6.07, 6.45) is 0.489. The molecule has 1 heterocycles. The zero-order valence-corrected chi connectivity index (χ0v) is 10.6. The Morgan fingerprint density at radius 1 is 1.12 bits per heavy atom. The standard InChI is InChI=1S/C12H11FO2S2/c13-11-1-3-12(4-2-11)17(14,15)8-6-10-5-7-16-9-10/h1-5,7,9H,6,8H2. The molecule has 0 saturated carbocycles. The summed E-state index contributed by atoms with van der Waals surface area (Å²) in [6.45, 7) is 0. The topological polar surface area (TPSA) is 34.1 Å². The Morgan fingerprint density at radius 3 is 2.41 bits per heavy atom. The first kappa shape index (κ1) is 12.3. The molecule has 5 heteroatoms. The third kappa shape index (κ3) is 3.14. The quantitative estimate of drug-likeness (QED) is 0.801. The fourth-order valence-electron chi connectivity index (χ4n) is 1.45. The minimum Gasteiger partial charge on any atom is -0.224 e. The average molecular weight is 270 g/mol. The Hall–Kier alpha value is -1.20. The van der Waals surface area contributed by atoms with Crippen molar-refractivity contribution in [2.45, 2.75) is 11.3 Å². The number of sulfone groups is 1. The van der Waals surface area contributed by atoms with E-state index < -0.39 is 15.7 Å². The van der Waals surface area contributed by atoms with Crippen molar-refractivity contribution in [2.24, 2.45) is 0 Å². The summed E-state index contributed by atoms with van der Waals surface area (Å²) in [7, 11) is -3.32. The fourth-order valence-corrected chi connectivity index (χ4v) is 3.44. The van der Waals surface area contributed by atoms with Crippen molar-refractivity contribution in [1.82, 2.24) is 0 Å². The van der Waals surface area contributed by atoms with Crippen LogP contribution in [-0.4, -0.2) is 14.2 Å². The molecule has 90 valence electrons. The van der Waals surface area contributed by atoms with Crippen LogP contribution >= 0.6 is 11.3 Å². The highest BCUT2D eigenvalue weighted by atomic mass is 32.2. The highest BCUT2D eigenvalue weighted by Crippen LogP contribution is 2.14. The molecule has 2 aromatic rings. The molecule has 1 aromatic heterocycles. The van der Waals surface area contributed by atoms with E-state index in [1.807, 2.05) is 16.8 Å². The summed E-state index contributed by atoms with van der Waals surface area (Å²) in [4.78, 5) is 0.175. The van der Waals surface area contributed by atoms with Gasteiger partial charge in [0.05, 0.1) is 10.6 Å². The minimum absolute atomic E-state index is 0.0510. The average Bonchev–Trinajstić information content (AvgIpc) is 2.80. The monoisotopic (exact) mass is 270 g/mol. The number of rotatable bonds is 4. The van der Waals surface area contributed by atoms with Crippen LogP contribution in [0.15, 0.2) is 46.0 Å². The van der Waals surface area contributed by atoms with E-state index >= 15 is 0 Å². The van der Waals surface area contributed by atoms with Gasteiger partial charge >= 0.3 is 0 Å².